The Labute approximate surface area is 270 Å². The van der Waals surface area contributed by atoms with Crippen LogP contribution in [0.15, 0.2) is 114 Å². The summed E-state index contributed by atoms with van der Waals surface area (Å²) in [4.78, 5) is 14.7. The average Bonchev–Trinajstić information content (AvgIpc) is 3.06. The van der Waals surface area contributed by atoms with Crippen LogP contribution in [-0.4, -0.2) is 42.4 Å². The van der Waals surface area contributed by atoms with E-state index >= 15 is 0 Å². The zero-order valence-corrected chi connectivity index (χ0v) is 26.9. The first kappa shape index (κ1) is 31.5. The Hall–Kier alpha value is -3.46. The van der Waals surface area contributed by atoms with E-state index in [0.717, 1.165) is 21.6 Å². The first-order valence-corrected chi connectivity index (χ1v) is 16.3. The summed E-state index contributed by atoms with van der Waals surface area (Å²) in [6.07, 6.45) is -2.98. The van der Waals surface area contributed by atoms with Gasteiger partial charge in [0.15, 0.2) is 12.4 Å². The van der Waals surface area contributed by atoms with E-state index in [9.17, 15) is 4.79 Å². The Morgan fingerprint density at radius 3 is 2.20 bits per heavy atom. The molecule has 1 unspecified atom stereocenters. The molecule has 2 aliphatic heterocycles. The largest absolute Gasteiger partial charge is 0.452 e. The molecule has 0 bridgehead atoms. The number of thioether (sulfide) groups is 1. The molecule has 0 amide bonds. The van der Waals surface area contributed by atoms with Crippen LogP contribution in [0, 0.1) is 6.92 Å². The fraction of sp³-hybridized carbons (Fsp3) is 0.342. The van der Waals surface area contributed by atoms with E-state index in [0.29, 0.717) is 18.8 Å². The van der Waals surface area contributed by atoms with Crippen LogP contribution in [0.3, 0.4) is 0 Å². The molecule has 7 heteroatoms. The topological polar surface area (TPSA) is 63.2 Å². The first-order valence-electron chi connectivity index (χ1n) is 15.4. The summed E-state index contributed by atoms with van der Waals surface area (Å²) in [6.45, 7) is 9.33. The maximum absolute atomic E-state index is 13.6. The van der Waals surface area contributed by atoms with Gasteiger partial charge in [-0.1, -0.05) is 124 Å². The van der Waals surface area contributed by atoms with Gasteiger partial charge in [-0.3, -0.25) is 0 Å². The van der Waals surface area contributed by atoms with Crippen molar-refractivity contribution < 1.29 is 28.5 Å². The average molecular weight is 625 g/mol. The highest BCUT2D eigenvalue weighted by molar-refractivity contribution is 7.99. The van der Waals surface area contributed by atoms with Gasteiger partial charge in [0.2, 0.25) is 0 Å². The van der Waals surface area contributed by atoms with Crippen LogP contribution >= 0.6 is 11.8 Å². The van der Waals surface area contributed by atoms with Crippen LogP contribution in [-0.2, 0) is 35.7 Å². The summed E-state index contributed by atoms with van der Waals surface area (Å²) in [5.41, 5.74) is 4.11. The van der Waals surface area contributed by atoms with Gasteiger partial charge in [-0.25, -0.2) is 4.79 Å². The van der Waals surface area contributed by atoms with Crippen LogP contribution < -0.4 is 0 Å². The fourth-order valence-corrected chi connectivity index (χ4v) is 6.83. The zero-order valence-electron chi connectivity index (χ0n) is 26.1. The molecule has 2 saturated heterocycles. The number of fused-ring (bicyclic) bond motifs is 1. The number of benzene rings is 4. The highest BCUT2D eigenvalue weighted by Gasteiger charge is 2.53. The lowest BCUT2D eigenvalue weighted by Crippen LogP contribution is -2.62. The molecule has 45 heavy (non-hydrogen) atoms. The van der Waals surface area contributed by atoms with Crippen LogP contribution in [0.4, 0.5) is 0 Å². The second kappa shape index (κ2) is 13.9. The predicted octanol–water partition coefficient (Wildman–Crippen LogP) is 8.03. The van der Waals surface area contributed by atoms with Crippen LogP contribution in [0.2, 0.25) is 0 Å². The highest BCUT2D eigenvalue weighted by Crippen LogP contribution is 2.43. The normalized spacial score (nSPS) is 24.9. The van der Waals surface area contributed by atoms with Crippen molar-refractivity contribution in [1.29, 1.82) is 0 Å². The molecule has 0 saturated carbocycles. The van der Waals surface area contributed by atoms with Gasteiger partial charge in [0.05, 0.1) is 18.8 Å². The van der Waals surface area contributed by atoms with E-state index in [-0.39, 0.29) is 5.41 Å². The van der Waals surface area contributed by atoms with Crippen molar-refractivity contribution in [3.8, 4) is 0 Å². The van der Waals surface area contributed by atoms with Crippen molar-refractivity contribution in [2.45, 2.75) is 80.8 Å². The molecule has 6 rings (SSSR count). The Morgan fingerprint density at radius 1 is 0.844 bits per heavy atom. The quantitative estimate of drug-likeness (QED) is 0.184. The molecular formula is C38H40O6S. The van der Waals surface area contributed by atoms with Crippen molar-refractivity contribution in [2.75, 3.05) is 6.61 Å². The lowest BCUT2D eigenvalue weighted by molar-refractivity contribution is -0.324. The van der Waals surface area contributed by atoms with Gasteiger partial charge in [-0.05, 0) is 47.2 Å². The third-order valence-corrected chi connectivity index (χ3v) is 9.50. The number of esters is 1. The second-order valence-electron chi connectivity index (χ2n) is 12.6. The molecule has 4 aromatic rings. The Kier molecular flexibility index (Phi) is 9.73. The van der Waals surface area contributed by atoms with Gasteiger partial charge in [0.1, 0.15) is 23.7 Å². The Morgan fingerprint density at radius 2 is 1.51 bits per heavy atom. The maximum atomic E-state index is 13.6. The summed E-state index contributed by atoms with van der Waals surface area (Å²) >= 11 is 1.55. The minimum atomic E-state index is -0.778. The van der Waals surface area contributed by atoms with Crippen molar-refractivity contribution in [3.63, 3.8) is 0 Å². The number of rotatable bonds is 8. The minimum absolute atomic E-state index is 0.0282. The number of carbonyl (C=O) groups is 1. The molecule has 0 aliphatic carbocycles. The lowest BCUT2D eigenvalue weighted by atomic mass is 9.87. The molecule has 0 N–H and O–H groups in total. The van der Waals surface area contributed by atoms with Crippen LogP contribution in [0.5, 0.6) is 0 Å². The summed E-state index contributed by atoms with van der Waals surface area (Å²) in [5.74, 6) is -0.437. The van der Waals surface area contributed by atoms with Crippen molar-refractivity contribution in [3.05, 3.63) is 137 Å². The molecule has 0 spiro atoms. The van der Waals surface area contributed by atoms with E-state index in [1.165, 1.54) is 5.56 Å². The third-order valence-electron chi connectivity index (χ3n) is 8.19. The molecule has 0 aromatic heterocycles. The van der Waals surface area contributed by atoms with Crippen molar-refractivity contribution in [2.24, 2.45) is 0 Å². The standard InChI is InChI=1S/C38H40O6S/c1-25-20-21-29(38(2,3)4)22-31(25)45-37-34(43-35(39)27-16-10-6-11-17-27)33(40-23-26-14-8-5-9-15-26)32-30(42-37)24-41-36(44-32)28-18-12-7-13-19-28/h5-22,30,32-34,36-37H,23-24H2,1-4H3/t30-,32-,33+,34-,36?,37+/m1/s1. The maximum Gasteiger partial charge on any atom is 0.338 e. The summed E-state index contributed by atoms with van der Waals surface area (Å²) in [5, 5.41) is 0. The fourth-order valence-electron chi connectivity index (χ4n) is 5.59. The summed E-state index contributed by atoms with van der Waals surface area (Å²) in [6, 6.07) is 35.4. The SMILES string of the molecule is Cc1ccc(C(C)(C)C)cc1S[C@@H]1O[C@@H]2COC(c3ccccc3)O[C@H]2[C@H](OCc2ccccc2)[C@H]1OC(=O)c1ccccc1. The molecule has 6 atom stereocenters. The van der Waals surface area contributed by atoms with E-state index < -0.39 is 42.1 Å². The summed E-state index contributed by atoms with van der Waals surface area (Å²) < 4.78 is 32.6. The van der Waals surface area contributed by atoms with Gasteiger partial charge >= 0.3 is 5.97 Å². The monoisotopic (exact) mass is 624 g/mol. The lowest BCUT2D eigenvalue weighted by Gasteiger charge is -2.48. The number of hydrogen-bond donors (Lipinski definition) is 0. The molecule has 2 fully saturated rings. The number of aryl methyl sites for hydroxylation is 1. The van der Waals surface area contributed by atoms with Crippen molar-refractivity contribution >= 4 is 17.7 Å². The Balaban J connectivity index is 1.36. The van der Waals surface area contributed by atoms with Gasteiger partial charge in [0.25, 0.3) is 0 Å². The highest BCUT2D eigenvalue weighted by atomic mass is 32.2. The third kappa shape index (κ3) is 7.51. The number of carbonyl (C=O) groups excluding carboxylic acids is 1. The smallest absolute Gasteiger partial charge is 0.338 e. The van der Waals surface area contributed by atoms with E-state index in [1.54, 1.807) is 23.9 Å². The van der Waals surface area contributed by atoms with Gasteiger partial charge in [-0.15, -0.1) is 0 Å². The van der Waals surface area contributed by atoms with E-state index in [4.69, 9.17) is 23.7 Å². The zero-order chi connectivity index (χ0) is 31.4. The summed E-state index contributed by atoms with van der Waals surface area (Å²) in [7, 11) is 0. The minimum Gasteiger partial charge on any atom is -0.452 e. The first-order chi connectivity index (χ1) is 21.8. The van der Waals surface area contributed by atoms with Gasteiger partial charge < -0.3 is 23.7 Å². The second-order valence-corrected chi connectivity index (χ2v) is 13.7. The number of ether oxygens (including phenoxy) is 5. The number of hydrogen-bond acceptors (Lipinski definition) is 7. The van der Waals surface area contributed by atoms with Crippen molar-refractivity contribution in [1.82, 2.24) is 0 Å². The molecule has 0 radical (unpaired) electrons. The Bertz CT molecular complexity index is 1560. The molecule has 4 aromatic carbocycles. The van der Waals surface area contributed by atoms with Gasteiger partial charge in [-0.2, -0.15) is 0 Å². The molecule has 2 aliphatic rings. The predicted molar refractivity (Wildman–Crippen MR) is 175 cm³/mol. The van der Waals surface area contributed by atoms with E-state index in [2.05, 4.69) is 45.9 Å². The molecule has 2 heterocycles. The van der Waals surface area contributed by atoms with Crippen LogP contribution in [0.25, 0.3) is 0 Å². The van der Waals surface area contributed by atoms with Gasteiger partial charge in [0, 0.05) is 10.5 Å². The molecule has 234 valence electrons. The van der Waals surface area contributed by atoms with E-state index in [1.807, 2.05) is 78.9 Å². The molecule has 6 nitrogen and oxygen atoms in total. The molecular weight excluding hydrogens is 584 g/mol. The van der Waals surface area contributed by atoms with Crippen LogP contribution in [0.1, 0.15) is 59.7 Å².